The molecule has 1 aliphatic heterocycles. The molecule has 2 N–H and O–H groups in total. The van der Waals surface area contributed by atoms with Gasteiger partial charge in [0, 0.05) is 25.3 Å². The van der Waals surface area contributed by atoms with Gasteiger partial charge >= 0.3 is 0 Å². The second kappa shape index (κ2) is 5.36. The van der Waals surface area contributed by atoms with Crippen molar-refractivity contribution in [1.82, 2.24) is 4.98 Å². The van der Waals surface area contributed by atoms with Gasteiger partial charge in [0.1, 0.15) is 0 Å². The number of rotatable bonds is 3. The zero-order chi connectivity index (χ0) is 12.3. The number of ether oxygens (including phenoxy) is 1. The van der Waals surface area contributed by atoms with Gasteiger partial charge in [0.15, 0.2) is 11.6 Å². The maximum absolute atomic E-state index is 5.87. The Morgan fingerprint density at radius 3 is 3.12 bits per heavy atom. The molecule has 1 aliphatic rings. The SMILES string of the molecule is COc1cccnc1N1CCC(C)CC1CN. The molecule has 4 nitrogen and oxygen atoms in total. The summed E-state index contributed by atoms with van der Waals surface area (Å²) in [4.78, 5) is 6.73. The molecule has 94 valence electrons. The third kappa shape index (κ3) is 2.52. The van der Waals surface area contributed by atoms with Gasteiger partial charge in [0.2, 0.25) is 0 Å². The highest BCUT2D eigenvalue weighted by molar-refractivity contribution is 5.53. The summed E-state index contributed by atoms with van der Waals surface area (Å²) in [6.07, 6.45) is 4.13. The van der Waals surface area contributed by atoms with Gasteiger partial charge in [-0.25, -0.2) is 4.98 Å². The summed E-state index contributed by atoms with van der Waals surface area (Å²) in [7, 11) is 1.69. The van der Waals surface area contributed by atoms with Crippen LogP contribution in [0.25, 0.3) is 0 Å². The molecule has 2 heterocycles. The molecule has 0 amide bonds. The molecule has 17 heavy (non-hydrogen) atoms. The molecule has 0 aliphatic carbocycles. The van der Waals surface area contributed by atoms with Crippen molar-refractivity contribution in [3.63, 3.8) is 0 Å². The molecule has 0 aromatic carbocycles. The van der Waals surface area contributed by atoms with E-state index in [4.69, 9.17) is 10.5 Å². The van der Waals surface area contributed by atoms with Crippen LogP contribution in [-0.4, -0.2) is 31.2 Å². The van der Waals surface area contributed by atoms with Gasteiger partial charge in [-0.05, 0) is 30.9 Å². The summed E-state index contributed by atoms with van der Waals surface area (Å²) in [5, 5.41) is 0. The van der Waals surface area contributed by atoms with Gasteiger partial charge in [0.05, 0.1) is 7.11 Å². The second-order valence-corrected chi connectivity index (χ2v) is 4.74. The Morgan fingerprint density at radius 2 is 2.41 bits per heavy atom. The molecular formula is C13H21N3O. The van der Waals surface area contributed by atoms with Crippen LogP contribution in [0.5, 0.6) is 5.75 Å². The van der Waals surface area contributed by atoms with Crippen molar-refractivity contribution >= 4 is 5.82 Å². The molecule has 0 saturated carbocycles. The molecule has 1 aromatic rings. The monoisotopic (exact) mass is 235 g/mol. The number of piperidine rings is 1. The van der Waals surface area contributed by atoms with Crippen LogP contribution in [0.3, 0.4) is 0 Å². The largest absolute Gasteiger partial charge is 0.493 e. The molecule has 0 radical (unpaired) electrons. The lowest BCUT2D eigenvalue weighted by Gasteiger charge is -2.39. The van der Waals surface area contributed by atoms with Crippen molar-refractivity contribution in [2.75, 3.05) is 25.1 Å². The van der Waals surface area contributed by atoms with Crippen LogP contribution >= 0.6 is 0 Å². The summed E-state index contributed by atoms with van der Waals surface area (Å²) >= 11 is 0. The van der Waals surface area contributed by atoms with Crippen LogP contribution in [0.2, 0.25) is 0 Å². The third-order valence-corrected chi connectivity index (χ3v) is 3.49. The molecule has 1 saturated heterocycles. The van der Waals surface area contributed by atoms with Gasteiger partial charge in [-0.1, -0.05) is 6.92 Å². The predicted octanol–water partition coefficient (Wildman–Crippen LogP) is 1.65. The second-order valence-electron chi connectivity index (χ2n) is 4.74. The van der Waals surface area contributed by atoms with Gasteiger partial charge < -0.3 is 15.4 Å². The first-order chi connectivity index (χ1) is 8.26. The standard InChI is InChI=1S/C13H21N3O/c1-10-5-7-16(11(8-10)9-14)13-12(17-2)4-3-6-15-13/h3-4,6,10-11H,5,7-9,14H2,1-2H3. The van der Waals surface area contributed by atoms with Crippen LogP contribution in [0.1, 0.15) is 19.8 Å². The van der Waals surface area contributed by atoms with E-state index < -0.39 is 0 Å². The molecule has 2 atom stereocenters. The Balaban J connectivity index is 2.25. The minimum absolute atomic E-state index is 0.377. The quantitative estimate of drug-likeness (QED) is 0.865. The zero-order valence-electron chi connectivity index (χ0n) is 10.6. The summed E-state index contributed by atoms with van der Waals surface area (Å²) in [5.74, 6) is 2.51. The van der Waals surface area contributed by atoms with E-state index in [9.17, 15) is 0 Å². The fourth-order valence-corrected chi connectivity index (χ4v) is 2.51. The first-order valence-corrected chi connectivity index (χ1v) is 6.22. The van der Waals surface area contributed by atoms with E-state index in [-0.39, 0.29) is 0 Å². The summed E-state index contributed by atoms with van der Waals surface area (Å²) in [6.45, 7) is 3.97. The Kier molecular flexibility index (Phi) is 3.84. The molecule has 0 bridgehead atoms. The Morgan fingerprint density at radius 1 is 1.59 bits per heavy atom. The fraction of sp³-hybridized carbons (Fsp3) is 0.615. The maximum Gasteiger partial charge on any atom is 0.171 e. The molecule has 2 unspecified atom stereocenters. The number of hydrogen-bond acceptors (Lipinski definition) is 4. The average molecular weight is 235 g/mol. The van der Waals surface area contributed by atoms with E-state index in [0.29, 0.717) is 12.6 Å². The lowest BCUT2D eigenvalue weighted by molar-refractivity contribution is 0.356. The van der Waals surface area contributed by atoms with Gasteiger partial charge in [0.25, 0.3) is 0 Å². The number of aromatic nitrogens is 1. The van der Waals surface area contributed by atoms with Crippen molar-refractivity contribution in [1.29, 1.82) is 0 Å². The van der Waals surface area contributed by atoms with E-state index in [1.54, 1.807) is 7.11 Å². The zero-order valence-corrected chi connectivity index (χ0v) is 10.6. The number of methoxy groups -OCH3 is 1. The van der Waals surface area contributed by atoms with E-state index >= 15 is 0 Å². The topological polar surface area (TPSA) is 51.4 Å². The van der Waals surface area contributed by atoms with Crippen LogP contribution in [0, 0.1) is 5.92 Å². The van der Waals surface area contributed by atoms with Crippen molar-refractivity contribution in [2.45, 2.75) is 25.8 Å². The molecule has 4 heteroatoms. The van der Waals surface area contributed by atoms with Gasteiger partial charge in [-0.15, -0.1) is 0 Å². The molecule has 2 rings (SSSR count). The predicted molar refractivity (Wildman–Crippen MR) is 69.4 cm³/mol. The highest BCUT2D eigenvalue weighted by Crippen LogP contribution is 2.31. The summed E-state index contributed by atoms with van der Waals surface area (Å²) < 4.78 is 5.37. The summed E-state index contributed by atoms with van der Waals surface area (Å²) in [5.41, 5.74) is 5.87. The molecule has 1 fully saturated rings. The van der Waals surface area contributed by atoms with E-state index in [1.165, 1.54) is 6.42 Å². The van der Waals surface area contributed by atoms with E-state index in [1.807, 2.05) is 18.3 Å². The van der Waals surface area contributed by atoms with E-state index in [2.05, 4.69) is 16.8 Å². The molecule has 1 aromatic heterocycles. The minimum atomic E-state index is 0.377. The van der Waals surface area contributed by atoms with Gasteiger partial charge in [-0.3, -0.25) is 0 Å². The maximum atomic E-state index is 5.87. The normalized spacial score (nSPS) is 24.8. The van der Waals surface area contributed by atoms with Crippen molar-refractivity contribution < 1.29 is 4.74 Å². The van der Waals surface area contributed by atoms with Crippen molar-refractivity contribution in [2.24, 2.45) is 11.7 Å². The average Bonchev–Trinajstić information content (AvgIpc) is 2.38. The first kappa shape index (κ1) is 12.2. The number of anilines is 1. The smallest absolute Gasteiger partial charge is 0.171 e. The highest BCUT2D eigenvalue weighted by atomic mass is 16.5. The van der Waals surface area contributed by atoms with Crippen molar-refractivity contribution in [3.05, 3.63) is 18.3 Å². The highest BCUT2D eigenvalue weighted by Gasteiger charge is 2.27. The molecular weight excluding hydrogens is 214 g/mol. The Hall–Kier alpha value is -1.29. The van der Waals surface area contributed by atoms with Crippen LogP contribution < -0.4 is 15.4 Å². The summed E-state index contributed by atoms with van der Waals surface area (Å²) in [6, 6.07) is 4.22. The molecule has 0 spiro atoms. The number of hydrogen-bond donors (Lipinski definition) is 1. The number of nitrogens with two attached hydrogens (primary N) is 1. The van der Waals surface area contributed by atoms with E-state index in [0.717, 1.165) is 30.5 Å². The van der Waals surface area contributed by atoms with Crippen LogP contribution in [0.15, 0.2) is 18.3 Å². The lowest BCUT2D eigenvalue weighted by atomic mass is 9.92. The van der Waals surface area contributed by atoms with Crippen LogP contribution in [-0.2, 0) is 0 Å². The number of nitrogens with zero attached hydrogens (tertiary/aromatic N) is 2. The Bertz CT molecular complexity index is 369. The van der Waals surface area contributed by atoms with Crippen LogP contribution in [0.4, 0.5) is 5.82 Å². The minimum Gasteiger partial charge on any atom is -0.493 e. The Labute approximate surface area is 103 Å². The van der Waals surface area contributed by atoms with Crippen molar-refractivity contribution in [3.8, 4) is 5.75 Å². The number of pyridine rings is 1. The lowest BCUT2D eigenvalue weighted by Crippen LogP contribution is -2.46. The van der Waals surface area contributed by atoms with Gasteiger partial charge in [-0.2, -0.15) is 0 Å². The first-order valence-electron chi connectivity index (χ1n) is 6.22. The fourth-order valence-electron chi connectivity index (χ4n) is 2.51. The third-order valence-electron chi connectivity index (χ3n) is 3.49.